The fourth-order valence-corrected chi connectivity index (χ4v) is 0.895. The number of hydrogen-bond donors (Lipinski definition) is 2. The van der Waals surface area contributed by atoms with E-state index in [-0.39, 0.29) is 5.82 Å². The molecule has 0 bridgehead atoms. The van der Waals surface area contributed by atoms with Crippen LogP contribution in [0.15, 0.2) is 12.3 Å². The van der Waals surface area contributed by atoms with Gasteiger partial charge in [-0.05, 0) is 13.1 Å². The zero-order valence-corrected chi connectivity index (χ0v) is 7.97. The normalized spacial score (nSPS) is 9.29. The Kier molecular flexibility index (Phi) is 3.89. The Morgan fingerprint density at radius 1 is 1.64 bits per heavy atom. The van der Waals surface area contributed by atoms with Crippen LogP contribution < -0.4 is 11.1 Å². The lowest BCUT2D eigenvalue weighted by atomic mass is 10.2. The van der Waals surface area contributed by atoms with Crippen LogP contribution in [0.25, 0.3) is 0 Å². The van der Waals surface area contributed by atoms with E-state index < -0.39 is 5.82 Å². The van der Waals surface area contributed by atoms with Gasteiger partial charge in [0.25, 0.3) is 0 Å². The van der Waals surface area contributed by atoms with Crippen molar-refractivity contribution < 1.29 is 4.39 Å². The molecule has 14 heavy (non-hydrogen) atoms. The molecule has 0 fully saturated rings. The Morgan fingerprint density at radius 3 is 3.14 bits per heavy atom. The minimum absolute atomic E-state index is 0.267. The van der Waals surface area contributed by atoms with Crippen LogP contribution in [0.4, 0.5) is 10.2 Å². The predicted molar refractivity (Wildman–Crippen MR) is 54.0 cm³/mol. The fraction of sp³-hybridized carbons (Fsp3) is 0.300. The van der Waals surface area contributed by atoms with E-state index in [4.69, 9.17) is 5.73 Å². The monoisotopic (exact) mass is 193 g/mol. The molecule has 1 aromatic heterocycles. The third-order valence-corrected chi connectivity index (χ3v) is 1.61. The molecule has 0 saturated heterocycles. The molecule has 0 aromatic carbocycles. The molecule has 1 heterocycles. The van der Waals surface area contributed by atoms with Crippen LogP contribution in [0.5, 0.6) is 0 Å². The third-order valence-electron chi connectivity index (χ3n) is 1.61. The number of halogens is 1. The molecule has 3 nitrogen and oxygen atoms in total. The van der Waals surface area contributed by atoms with E-state index in [0.29, 0.717) is 12.0 Å². The number of pyridine rings is 1. The summed E-state index contributed by atoms with van der Waals surface area (Å²) >= 11 is 0. The van der Waals surface area contributed by atoms with Gasteiger partial charge in [0, 0.05) is 13.0 Å². The van der Waals surface area contributed by atoms with Gasteiger partial charge >= 0.3 is 0 Å². The number of nitrogens with zero attached hydrogens (tertiary/aromatic N) is 1. The van der Waals surface area contributed by atoms with Gasteiger partial charge in [-0.3, -0.25) is 0 Å². The lowest BCUT2D eigenvalue weighted by Gasteiger charge is -1.95. The summed E-state index contributed by atoms with van der Waals surface area (Å²) in [6.45, 7) is 0.801. The third kappa shape index (κ3) is 3.04. The average Bonchev–Trinajstić information content (AvgIpc) is 2.18. The van der Waals surface area contributed by atoms with Crippen LogP contribution in [0.1, 0.15) is 12.0 Å². The highest BCUT2D eigenvalue weighted by molar-refractivity contribution is 5.50. The van der Waals surface area contributed by atoms with E-state index in [2.05, 4.69) is 22.1 Å². The van der Waals surface area contributed by atoms with Gasteiger partial charge in [-0.15, -0.1) is 0 Å². The van der Waals surface area contributed by atoms with E-state index in [0.717, 1.165) is 12.7 Å². The second kappa shape index (κ2) is 5.20. The van der Waals surface area contributed by atoms with Crippen LogP contribution in [-0.4, -0.2) is 18.6 Å². The van der Waals surface area contributed by atoms with Gasteiger partial charge in [0.15, 0.2) is 0 Å². The second-order valence-electron chi connectivity index (χ2n) is 2.74. The Morgan fingerprint density at radius 2 is 2.43 bits per heavy atom. The number of nitrogens with one attached hydrogen (secondary N) is 1. The van der Waals surface area contributed by atoms with Crippen molar-refractivity contribution in [1.29, 1.82) is 0 Å². The van der Waals surface area contributed by atoms with Crippen LogP contribution in [0, 0.1) is 17.7 Å². The first-order valence-electron chi connectivity index (χ1n) is 4.28. The number of rotatable bonds is 2. The first kappa shape index (κ1) is 10.5. The molecule has 1 rings (SSSR count). The van der Waals surface area contributed by atoms with Crippen molar-refractivity contribution >= 4 is 5.82 Å². The first-order valence-corrected chi connectivity index (χ1v) is 4.28. The molecule has 0 aliphatic heterocycles. The maximum Gasteiger partial charge on any atom is 0.142 e. The number of aromatic nitrogens is 1. The zero-order valence-electron chi connectivity index (χ0n) is 7.97. The lowest BCUT2D eigenvalue weighted by molar-refractivity contribution is 0.621. The second-order valence-corrected chi connectivity index (χ2v) is 2.74. The summed E-state index contributed by atoms with van der Waals surface area (Å²) in [5.41, 5.74) is 5.95. The summed E-state index contributed by atoms with van der Waals surface area (Å²) in [5.74, 6) is 5.49. The highest BCUT2D eigenvalue weighted by Gasteiger charge is 1.98. The van der Waals surface area contributed by atoms with Gasteiger partial charge in [-0.2, -0.15) is 0 Å². The Labute approximate surface area is 82.5 Å². The molecule has 3 N–H and O–H groups in total. The van der Waals surface area contributed by atoms with Gasteiger partial charge < -0.3 is 11.1 Å². The number of anilines is 1. The molecular weight excluding hydrogens is 181 g/mol. The molecule has 74 valence electrons. The quantitative estimate of drug-likeness (QED) is 0.538. The topological polar surface area (TPSA) is 50.9 Å². The van der Waals surface area contributed by atoms with Crippen molar-refractivity contribution in [2.24, 2.45) is 0 Å². The van der Waals surface area contributed by atoms with Crippen molar-refractivity contribution in [3.8, 4) is 11.8 Å². The van der Waals surface area contributed by atoms with E-state index >= 15 is 0 Å². The minimum atomic E-state index is -0.419. The molecule has 0 amide bonds. The molecule has 0 unspecified atom stereocenters. The summed E-state index contributed by atoms with van der Waals surface area (Å²) in [4.78, 5) is 3.66. The molecular formula is C10H12FN3. The number of hydrogen-bond acceptors (Lipinski definition) is 3. The van der Waals surface area contributed by atoms with Gasteiger partial charge in [0.2, 0.25) is 0 Å². The molecule has 0 aliphatic carbocycles. The highest BCUT2D eigenvalue weighted by Crippen LogP contribution is 2.07. The molecule has 0 spiro atoms. The summed E-state index contributed by atoms with van der Waals surface area (Å²) in [6.07, 6.45) is 1.78. The van der Waals surface area contributed by atoms with Crippen LogP contribution in [-0.2, 0) is 0 Å². The summed E-state index contributed by atoms with van der Waals surface area (Å²) < 4.78 is 12.7. The van der Waals surface area contributed by atoms with Gasteiger partial charge in [0.1, 0.15) is 11.6 Å². The van der Waals surface area contributed by atoms with Crippen molar-refractivity contribution in [2.45, 2.75) is 6.42 Å². The van der Waals surface area contributed by atoms with E-state index in [9.17, 15) is 4.39 Å². The Bertz CT molecular complexity index is 365. The summed E-state index contributed by atoms with van der Waals surface area (Å²) in [6, 6.07) is 1.29. The van der Waals surface area contributed by atoms with E-state index in [1.807, 2.05) is 7.05 Å². The molecule has 0 atom stereocenters. The van der Waals surface area contributed by atoms with Crippen molar-refractivity contribution in [2.75, 3.05) is 19.3 Å². The van der Waals surface area contributed by atoms with Crippen LogP contribution >= 0.6 is 0 Å². The Hall–Kier alpha value is -1.60. The summed E-state index contributed by atoms with van der Waals surface area (Å²) in [5, 5.41) is 2.96. The van der Waals surface area contributed by atoms with Gasteiger partial charge in [-0.1, -0.05) is 11.8 Å². The van der Waals surface area contributed by atoms with Crippen molar-refractivity contribution in [1.82, 2.24) is 10.3 Å². The largest absolute Gasteiger partial charge is 0.383 e. The summed E-state index contributed by atoms with van der Waals surface area (Å²) in [7, 11) is 1.85. The Balaban J connectivity index is 2.73. The maximum absolute atomic E-state index is 12.7. The standard InChI is InChI=1S/C10H12FN3/c1-13-5-3-2-4-8-6-9(11)7-14-10(8)12/h6-7,13H,3,5H2,1H3,(H2,12,14). The first-order chi connectivity index (χ1) is 6.74. The molecule has 1 aromatic rings. The molecule has 0 radical (unpaired) electrons. The minimum Gasteiger partial charge on any atom is -0.383 e. The highest BCUT2D eigenvalue weighted by atomic mass is 19.1. The average molecular weight is 193 g/mol. The SMILES string of the molecule is CNCCC#Cc1cc(F)cnc1N. The van der Waals surface area contributed by atoms with E-state index in [1.54, 1.807) is 0 Å². The van der Waals surface area contributed by atoms with Gasteiger partial charge in [-0.25, -0.2) is 9.37 Å². The van der Waals surface area contributed by atoms with Gasteiger partial charge in [0.05, 0.1) is 11.8 Å². The van der Waals surface area contributed by atoms with Crippen molar-refractivity contribution in [3.05, 3.63) is 23.6 Å². The maximum atomic E-state index is 12.7. The van der Waals surface area contributed by atoms with Crippen molar-refractivity contribution in [3.63, 3.8) is 0 Å². The lowest BCUT2D eigenvalue weighted by Crippen LogP contribution is -2.06. The van der Waals surface area contributed by atoms with Crippen LogP contribution in [0.3, 0.4) is 0 Å². The number of nitrogen functional groups attached to an aromatic ring is 1. The fourth-order valence-electron chi connectivity index (χ4n) is 0.895. The predicted octanol–water partition coefficient (Wildman–Crippen LogP) is 0.764. The smallest absolute Gasteiger partial charge is 0.142 e. The van der Waals surface area contributed by atoms with E-state index in [1.165, 1.54) is 6.07 Å². The molecule has 4 heteroatoms. The number of nitrogens with two attached hydrogens (primary N) is 1. The van der Waals surface area contributed by atoms with Crippen LogP contribution in [0.2, 0.25) is 0 Å². The zero-order chi connectivity index (χ0) is 10.4. The molecule has 0 aliphatic rings. The molecule has 0 saturated carbocycles.